The zero-order valence-electron chi connectivity index (χ0n) is 9.72. The summed E-state index contributed by atoms with van der Waals surface area (Å²) >= 11 is 5.88. The number of rotatable bonds is 4. The van der Waals surface area contributed by atoms with Crippen molar-refractivity contribution in [2.75, 3.05) is 19.7 Å². The Morgan fingerprint density at radius 1 is 1.35 bits per heavy atom. The summed E-state index contributed by atoms with van der Waals surface area (Å²) < 4.78 is 18.8. The van der Waals surface area contributed by atoms with Gasteiger partial charge in [-0.25, -0.2) is 4.39 Å². The van der Waals surface area contributed by atoms with Gasteiger partial charge in [-0.1, -0.05) is 17.7 Å². The highest BCUT2D eigenvalue weighted by Gasteiger charge is 2.14. The molecule has 1 aliphatic rings. The van der Waals surface area contributed by atoms with Crippen LogP contribution in [-0.2, 0) is 0 Å². The minimum atomic E-state index is -0.386. The summed E-state index contributed by atoms with van der Waals surface area (Å²) in [6.07, 6.45) is 3.31. The summed E-state index contributed by atoms with van der Waals surface area (Å²) in [4.78, 5) is 0. The van der Waals surface area contributed by atoms with E-state index in [1.807, 2.05) is 0 Å². The Balaban J connectivity index is 1.81. The van der Waals surface area contributed by atoms with Gasteiger partial charge in [0.1, 0.15) is 0 Å². The minimum absolute atomic E-state index is 0.183. The van der Waals surface area contributed by atoms with Crippen LogP contribution < -0.4 is 10.1 Å². The zero-order valence-corrected chi connectivity index (χ0v) is 10.5. The first-order valence-corrected chi connectivity index (χ1v) is 6.42. The summed E-state index contributed by atoms with van der Waals surface area (Å²) in [5.41, 5.74) is 0. The van der Waals surface area contributed by atoms with Crippen molar-refractivity contribution in [3.63, 3.8) is 0 Å². The lowest BCUT2D eigenvalue weighted by atomic mass is 9.95. The molecule has 0 aromatic heterocycles. The fourth-order valence-electron chi connectivity index (χ4n) is 2.12. The largest absolute Gasteiger partial charge is 0.489 e. The zero-order chi connectivity index (χ0) is 12.1. The van der Waals surface area contributed by atoms with E-state index in [1.54, 1.807) is 12.1 Å². The second-order valence-corrected chi connectivity index (χ2v) is 4.79. The number of hydrogen-bond donors (Lipinski definition) is 1. The quantitative estimate of drug-likeness (QED) is 0.894. The summed E-state index contributed by atoms with van der Waals surface area (Å²) in [5.74, 6) is 0.479. The molecular formula is C13H17ClFNO. The number of nitrogens with one attached hydrogen (secondary N) is 1. The van der Waals surface area contributed by atoms with Gasteiger partial charge in [0.15, 0.2) is 11.6 Å². The van der Waals surface area contributed by atoms with E-state index in [0.717, 1.165) is 19.5 Å². The number of benzene rings is 1. The fourth-order valence-corrected chi connectivity index (χ4v) is 2.34. The molecule has 0 atom stereocenters. The predicted molar refractivity (Wildman–Crippen MR) is 67.1 cm³/mol. The SMILES string of the molecule is Fc1cccc(Cl)c1OCCC1CCNCC1. The Morgan fingerprint density at radius 3 is 2.82 bits per heavy atom. The number of ether oxygens (including phenoxy) is 1. The third-order valence-corrected chi connectivity index (χ3v) is 3.45. The maximum absolute atomic E-state index is 13.4. The van der Waals surface area contributed by atoms with E-state index in [0.29, 0.717) is 17.5 Å². The molecule has 0 spiro atoms. The summed E-state index contributed by atoms with van der Waals surface area (Å²) in [6, 6.07) is 4.59. The van der Waals surface area contributed by atoms with E-state index >= 15 is 0 Å². The van der Waals surface area contributed by atoms with Crippen LogP contribution in [0.1, 0.15) is 19.3 Å². The van der Waals surface area contributed by atoms with Crippen molar-refractivity contribution in [3.8, 4) is 5.75 Å². The summed E-state index contributed by atoms with van der Waals surface area (Å²) in [6.45, 7) is 2.68. The minimum Gasteiger partial charge on any atom is -0.489 e. The van der Waals surface area contributed by atoms with E-state index in [1.165, 1.54) is 18.9 Å². The molecule has 0 amide bonds. The van der Waals surface area contributed by atoms with Gasteiger partial charge in [-0.3, -0.25) is 0 Å². The molecule has 17 heavy (non-hydrogen) atoms. The van der Waals surface area contributed by atoms with Crippen LogP contribution in [0, 0.1) is 11.7 Å². The van der Waals surface area contributed by atoms with Crippen LogP contribution in [0.2, 0.25) is 5.02 Å². The van der Waals surface area contributed by atoms with Crippen LogP contribution in [0.5, 0.6) is 5.75 Å². The smallest absolute Gasteiger partial charge is 0.173 e. The molecule has 1 fully saturated rings. The topological polar surface area (TPSA) is 21.3 Å². The molecular weight excluding hydrogens is 241 g/mol. The third-order valence-electron chi connectivity index (χ3n) is 3.15. The van der Waals surface area contributed by atoms with E-state index in [4.69, 9.17) is 16.3 Å². The third kappa shape index (κ3) is 3.58. The van der Waals surface area contributed by atoms with Gasteiger partial charge >= 0.3 is 0 Å². The van der Waals surface area contributed by atoms with Crippen molar-refractivity contribution in [2.24, 2.45) is 5.92 Å². The second-order valence-electron chi connectivity index (χ2n) is 4.38. The lowest BCUT2D eigenvalue weighted by molar-refractivity contribution is 0.244. The van der Waals surface area contributed by atoms with Gasteiger partial charge in [-0.15, -0.1) is 0 Å². The van der Waals surface area contributed by atoms with Crippen molar-refractivity contribution in [1.82, 2.24) is 5.32 Å². The lowest BCUT2D eigenvalue weighted by Crippen LogP contribution is -2.28. The maximum Gasteiger partial charge on any atom is 0.173 e. The van der Waals surface area contributed by atoms with Crippen LogP contribution in [-0.4, -0.2) is 19.7 Å². The molecule has 0 bridgehead atoms. The first-order valence-electron chi connectivity index (χ1n) is 6.05. The molecule has 0 aliphatic carbocycles. The van der Waals surface area contributed by atoms with Crippen LogP contribution in [0.15, 0.2) is 18.2 Å². The molecule has 1 heterocycles. The summed E-state index contributed by atoms with van der Waals surface area (Å²) in [5, 5.41) is 3.66. The molecule has 94 valence electrons. The Labute approximate surface area is 106 Å². The number of hydrogen-bond acceptors (Lipinski definition) is 2. The first kappa shape index (κ1) is 12.7. The van der Waals surface area contributed by atoms with Crippen LogP contribution >= 0.6 is 11.6 Å². The van der Waals surface area contributed by atoms with Crippen LogP contribution in [0.4, 0.5) is 4.39 Å². The molecule has 4 heteroatoms. The first-order chi connectivity index (χ1) is 8.27. The maximum atomic E-state index is 13.4. The molecule has 1 aromatic rings. The fraction of sp³-hybridized carbons (Fsp3) is 0.538. The predicted octanol–water partition coefficient (Wildman–Crippen LogP) is 3.25. The summed E-state index contributed by atoms with van der Waals surface area (Å²) in [7, 11) is 0. The van der Waals surface area contributed by atoms with E-state index in [2.05, 4.69) is 5.32 Å². The van der Waals surface area contributed by atoms with Gasteiger partial charge in [0.25, 0.3) is 0 Å². The van der Waals surface area contributed by atoms with Gasteiger partial charge in [-0.2, -0.15) is 0 Å². The second kappa shape index (κ2) is 6.22. The van der Waals surface area contributed by atoms with Crippen molar-refractivity contribution >= 4 is 11.6 Å². The van der Waals surface area contributed by atoms with Crippen LogP contribution in [0.3, 0.4) is 0 Å². The Kier molecular flexibility index (Phi) is 4.63. The Morgan fingerprint density at radius 2 is 2.12 bits per heavy atom. The lowest BCUT2D eigenvalue weighted by Gasteiger charge is -2.22. The molecule has 1 N–H and O–H groups in total. The van der Waals surface area contributed by atoms with Crippen molar-refractivity contribution in [3.05, 3.63) is 29.0 Å². The standard InChI is InChI=1S/C13H17ClFNO/c14-11-2-1-3-12(15)13(11)17-9-6-10-4-7-16-8-5-10/h1-3,10,16H,4-9H2. The van der Waals surface area contributed by atoms with Gasteiger partial charge in [0.2, 0.25) is 0 Å². The number of piperidine rings is 1. The molecule has 0 saturated carbocycles. The molecule has 1 aromatic carbocycles. The van der Waals surface area contributed by atoms with Crippen molar-refractivity contribution in [2.45, 2.75) is 19.3 Å². The van der Waals surface area contributed by atoms with Gasteiger partial charge in [0.05, 0.1) is 11.6 Å². The highest BCUT2D eigenvalue weighted by atomic mass is 35.5. The average Bonchev–Trinajstić information content (AvgIpc) is 2.34. The monoisotopic (exact) mass is 257 g/mol. The molecule has 1 aliphatic heterocycles. The highest BCUT2D eigenvalue weighted by Crippen LogP contribution is 2.27. The van der Waals surface area contributed by atoms with Gasteiger partial charge < -0.3 is 10.1 Å². The average molecular weight is 258 g/mol. The number of halogens is 2. The normalized spacial score (nSPS) is 17.1. The van der Waals surface area contributed by atoms with E-state index < -0.39 is 0 Å². The number of para-hydroxylation sites is 1. The van der Waals surface area contributed by atoms with E-state index in [-0.39, 0.29) is 11.6 Å². The Bertz CT molecular complexity index is 346. The van der Waals surface area contributed by atoms with E-state index in [9.17, 15) is 4.39 Å². The molecule has 0 unspecified atom stereocenters. The molecule has 1 saturated heterocycles. The van der Waals surface area contributed by atoms with Crippen molar-refractivity contribution in [1.29, 1.82) is 0 Å². The highest BCUT2D eigenvalue weighted by molar-refractivity contribution is 6.32. The molecule has 2 nitrogen and oxygen atoms in total. The molecule has 0 radical (unpaired) electrons. The molecule has 2 rings (SSSR count). The Hall–Kier alpha value is -0.800. The van der Waals surface area contributed by atoms with Gasteiger partial charge in [0, 0.05) is 0 Å². The van der Waals surface area contributed by atoms with Crippen LogP contribution in [0.25, 0.3) is 0 Å². The van der Waals surface area contributed by atoms with Gasteiger partial charge in [-0.05, 0) is 50.4 Å². The van der Waals surface area contributed by atoms with Crippen molar-refractivity contribution < 1.29 is 9.13 Å².